The lowest BCUT2D eigenvalue weighted by Gasteiger charge is -1.99. The number of hydrogen-bond acceptors (Lipinski definition) is 4. The zero-order chi connectivity index (χ0) is 15.5. The van der Waals surface area contributed by atoms with Crippen molar-refractivity contribution in [1.29, 1.82) is 0 Å². The minimum absolute atomic E-state index is 0.674. The zero-order valence-electron chi connectivity index (χ0n) is 12.2. The number of rotatable bonds is 3. The van der Waals surface area contributed by atoms with Crippen LogP contribution in [0.15, 0.2) is 78.4 Å². The van der Waals surface area contributed by atoms with Crippen LogP contribution in [-0.4, -0.2) is 25.6 Å². The molecule has 0 bridgehead atoms. The Labute approximate surface area is 133 Å². The molecule has 0 fully saturated rings. The van der Waals surface area contributed by atoms with Gasteiger partial charge in [-0.15, -0.1) is 0 Å². The van der Waals surface area contributed by atoms with Gasteiger partial charge in [-0.2, -0.15) is 0 Å². The maximum absolute atomic E-state index is 4.68. The molecule has 0 aromatic carbocycles. The van der Waals surface area contributed by atoms with Crippen molar-refractivity contribution in [2.24, 2.45) is 4.99 Å². The summed E-state index contributed by atoms with van der Waals surface area (Å²) in [6.07, 6.45) is 10.8. The van der Waals surface area contributed by atoms with Gasteiger partial charge >= 0.3 is 0 Å². The van der Waals surface area contributed by atoms with Crippen molar-refractivity contribution in [2.75, 3.05) is 0 Å². The fourth-order valence-corrected chi connectivity index (χ4v) is 2.40. The molecule has 4 aromatic rings. The Balaban J connectivity index is 1.83. The topological polar surface area (TPSA) is 55.4 Å². The quantitative estimate of drug-likeness (QED) is 0.544. The van der Waals surface area contributed by atoms with Crippen LogP contribution in [0.2, 0.25) is 0 Å². The number of nitrogens with zero attached hydrogens (tertiary/aromatic N) is 5. The lowest BCUT2D eigenvalue weighted by atomic mass is 10.3. The second kappa shape index (κ2) is 5.81. The van der Waals surface area contributed by atoms with Crippen LogP contribution < -0.4 is 0 Å². The summed E-state index contributed by atoms with van der Waals surface area (Å²) >= 11 is 0. The zero-order valence-corrected chi connectivity index (χ0v) is 12.2. The highest BCUT2D eigenvalue weighted by Crippen LogP contribution is 2.26. The number of aliphatic imine (C=N–C) groups is 1. The maximum Gasteiger partial charge on any atom is 0.178 e. The molecule has 4 rings (SSSR count). The van der Waals surface area contributed by atoms with E-state index < -0.39 is 0 Å². The van der Waals surface area contributed by atoms with Gasteiger partial charge in [0, 0.05) is 48.3 Å². The van der Waals surface area contributed by atoms with Gasteiger partial charge in [0.05, 0.1) is 5.52 Å². The van der Waals surface area contributed by atoms with Crippen molar-refractivity contribution in [3.8, 4) is 11.4 Å². The van der Waals surface area contributed by atoms with Crippen molar-refractivity contribution in [1.82, 2.24) is 19.4 Å². The van der Waals surface area contributed by atoms with Gasteiger partial charge in [-0.05, 0) is 30.3 Å². The van der Waals surface area contributed by atoms with Crippen LogP contribution in [0.1, 0.15) is 5.56 Å². The molecule has 4 heterocycles. The third kappa shape index (κ3) is 2.60. The van der Waals surface area contributed by atoms with Crippen molar-refractivity contribution in [2.45, 2.75) is 0 Å². The van der Waals surface area contributed by atoms with E-state index in [2.05, 4.69) is 19.9 Å². The normalized spacial score (nSPS) is 11.3. The molecule has 0 saturated heterocycles. The number of aromatic nitrogens is 4. The lowest BCUT2D eigenvalue weighted by Crippen LogP contribution is -1.88. The third-order valence-corrected chi connectivity index (χ3v) is 3.47. The molecular formula is C18H13N5. The van der Waals surface area contributed by atoms with E-state index in [1.165, 1.54) is 0 Å². The minimum atomic E-state index is 0.674. The first-order chi connectivity index (χ1) is 11.4. The second-order valence-electron chi connectivity index (χ2n) is 5.00. The lowest BCUT2D eigenvalue weighted by molar-refractivity contribution is 1.15. The fourth-order valence-electron chi connectivity index (χ4n) is 2.40. The molecule has 0 amide bonds. The van der Waals surface area contributed by atoms with Crippen LogP contribution in [0.4, 0.5) is 5.82 Å². The fraction of sp³-hybridized carbons (Fsp3) is 0. The molecule has 5 nitrogen and oxygen atoms in total. The Morgan fingerprint density at radius 1 is 0.913 bits per heavy atom. The Bertz CT molecular complexity index is 959. The van der Waals surface area contributed by atoms with Gasteiger partial charge in [-0.3, -0.25) is 14.4 Å². The third-order valence-electron chi connectivity index (χ3n) is 3.47. The first-order valence-electron chi connectivity index (χ1n) is 7.23. The van der Waals surface area contributed by atoms with E-state index in [1.54, 1.807) is 31.0 Å². The van der Waals surface area contributed by atoms with Crippen LogP contribution in [0.3, 0.4) is 0 Å². The molecule has 0 spiro atoms. The predicted octanol–water partition coefficient (Wildman–Crippen LogP) is 3.54. The summed E-state index contributed by atoms with van der Waals surface area (Å²) in [5, 5.41) is 0. The molecule has 0 aliphatic carbocycles. The predicted molar refractivity (Wildman–Crippen MR) is 89.9 cm³/mol. The van der Waals surface area contributed by atoms with E-state index in [4.69, 9.17) is 0 Å². The Morgan fingerprint density at radius 2 is 1.78 bits per heavy atom. The standard InChI is InChI=1S/C18H13N5/c1-2-10-23-16(7-1)17(21-12-14-5-3-8-19-11-14)22-18(23)15-6-4-9-20-13-15/h1-13H/b21-12+. The first-order valence-corrected chi connectivity index (χ1v) is 7.23. The van der Waals surface area contributed by atoms with E-state index in [0.29, 0.717) is 5.82 Å². The molecule has 23 heavy (non-hydrogen) atoms. The summed E-state index contributed by atoms with van der Waals surface area (Å²) in [6.45, 7) is 0. The highest BCUT2D eigenvalue weighted by atomic mass is 15.1. The highest BCUT2D eigenvalue weighted by Gasteiger charge is 2.11. The first kappa shape index (κ1) is 13.3. The Hall–Kier alpha value is -3.34. The Morgan fingerprint density at radius 3 is 2.57 bits per heavy atom. The highest BCUT2D eigenvalue weighted by molar-refractivity contribution is 5.84. The van der Waals surface area contributed by atoms with Crippen LogP contribution in [0.25, 0.3) is 16.9 Å². The van der Waals surface area contributed by atoms with E-state index in [9.17, 15) is 0 Å². The van der Waals surface area contributed by atoms with E-state index in [1.807, 2.05) is 53.1 Å². The van der Waals surface area contributed by atoms with Crippen LogP contribution >= 0.6 is 0 Å². The Kier molecular flexibility index (Phi) is 3.37. The molecule has 0 radical (unpaired) electrons. The molecule has 110 valence electrons. The van der Waals surface area contributed by atoms with Crippen molar-refractivity contribution in [3.05, 3.63) is 79.0 Å². The summed E-state index contributed by atoms with van der Waals surface area (Å²) in [6, 6.07) is 13.7. The van der Waals surface area contributed by atoms with Crippen LogP contribution in [0, 0.1) is 0 Å². The smallest absolute Gasteiger partial charge is 0.178 e. The minimum Gasteiger partial charge on any atom is -0.298 e. The summed E-state index contributed by atoms with van der Waals surface area (Å²) < 4.78 is 2.02. The van der Waals surface area contributed by atoms with Crippen molar-refractivity contribution >= 4 is 17.5 Å². The van der Waals surface area contributed by atoms with Gasteiger partial charge in [0.15, 0.2) is 5.82 Å². The molecular weight excluding hydrogens is 286 g/mol. The van der Waals surface area contributed by atoms with Gasteiger partial charge in [-0.1, -0.05) is 12.1 Å². The van der Waals surface area contributed by atoms with Gasteiger partial charge in [0.2, 0.25) is 0 Å². The largest absolute Gasteiger partial charge is 0.298 e. The molecule has 4 aromatic heterocycles. The van der Waals surface area contributed by atoms with Crippen LogP contribution in [-0.2, 0) is 0 Å². The number of hydrogen-bond donors (Lipinski definition) is 0. The van der Waals surface area contributed by atoms with Crippen LogP contribution in [0.5, 0.6) is 0 Å². The second-order valence-corrected chi connectivity index (χ2v) is 5.00. The van der Waals surface area contributed by atoms with Gasteiger partial charge in [0.1, 0.15) is 5.82 Å². The summed E-state index contributed by atoms with van der Waals surface area (Å²) in [4.78, 5) is 17.5. The molecule has 0 unspecified atom stereocenters. The SMILES string of the molecule is C(=N\c1nc(-c2cccnc2)n2ccccc12)/c1cccnc1. The summed E-state index contributed by atoms with van der Waals surface area (Å²) in [5.41, 5.74) is 2.84. The molecule has 0 aliphatic heterocycles. The van der Waals surface area contributed by atoms with Crippen molar-refractivity contribution < 1.29 is 0 Å². The van der Waals surface area contributed by atoms with Gasteiger partial charge < -0.3 is 0 Å². The monoisotopic (exact) mass is 299 g/mol. The molecule has 0 saturated carbocycles. The average molecular weight is 299 g/mol. The van der Waals surface area contributed by atoms with Gasteiger partial charge in [-0.25, -0.2) is 9.98 Å². The van der Waals surface area contributed by atoms with Gasteiger partial charge in [0.25, 0.3) is 0 Å². The molecule has 0 atom stereocenters. The summed E-state index contributed by atoms with van der Waals surface area (Å²) in [5.74, 6) is 1.50. The molecule has 0 aliphatic rings. The van der Waals surface area contributed by atoms with E-state index >= 15 is 0 Å². The number of fused-ring (bicyclic) bond motifs is 1. The van der Waals surface area contributed by atoms with E-state index in [0.717, 1.165) is 22.5 Å². The van der Waals surface area contributed by atoms with Crippen molar-refractivity contribution in [3.63, 3.8) is 0 Å². The summed E-state index contributed by atoms with van der Waals surface area (Å²) in [7, 11) is 0. The number of imidazole rings is 1. The average Bonchev–Trinajstić information content (AvgIpc) is 3.01. The maximum atomic E-state index is 4.68. The van der Waals surface area contributed by atoms with E-state index in [-0.39, 0.29) is 0 Å². The molecule has 5 heteroatoms. The number of pyridine rings is 3. The molecule has 0 N–H and O–H groups in total.